The standard InChI is InChI=1S/C17H16BrNO2/c1-12-7-14(10-19)3-5-15(12)11-21-17-8-13(9-18)4-6-16(17)20-2/h3-8H,9,11H2,1-2H3. The number of aryl methyl sites for hydroxylation is 1. The summed E-state index contributed by atoms with van der Waals surface area (Å²) in [5.74, 6) is 1.43. The molecule has 21 heavy (non-hydrogen) atoms. The first-order valence-electron chi connectivity index (χ1n) is 6.53. The Balaban J connectivity index is 2.18. The quantitative estimate of drug-likeness (QED) is 0.756. The maximum atomic E-state index is 8.88. The summed E-state index contributed by atoms with van der Waals surface area (Å²) in [5.41, 5.74) is 3.89. The molecule has 0 aliphatic heterocycles. The van der Waals surface area contributed by atoms with Gasteiger partial charge in [-0.15, -0.1) is 0 Å². The molecule has 0 aromatic heterocycles. The number of nitriles is 1. The first-order chi connectivity index (χ1) is 10.2. The second kappa shape index (κ2) is 7.14. The first kappa shape index (κ1) is 15.4. The number of hydrogen-bond donors (Lipinski definition) is 0. The molecule has 2 aromatic rings. The smallest absolute Gasteiger partial charge is 0.161 e. The highest BCUT2D eigenvalue weighted by Crippen LogP contribution is 2.29. The number of methoxy groups -OCH3 is 1. The highest BCUT2D eigenvalue weighted by atomic mass is 79.9. The van der Waals surface area contributed by atoms with Gasteiger partial charge in [-0.05, 0) is 47.9 Å². The van der Waals surface area contributed by atoms with Crippen LogP contribution >= 0.6 is 15.9 Å². The maximum Gasteiger partial charge on any atom is 0.161 e. The van der Waals surface area contributed by atoms with E-state index in [4.69, 9.17) is 14.7 Å². The molecule has 0 spiro atoms. The number of nitrogens with zero attached hydrogens (tertiary/aromatic N) is 1. The van der Waals surface area contributed by atoms with Gasteiger partial charge < -0.3 is 9.47 Å². The fourth-order valence-electron chi connectivity index (χ4n) is 2.00. The van der Waals surface area contributed by atoms with Crippen LogP contribution in [0.2, 0.25) is 0 Å². The van der Waals surface area contributed by atoms with Gasteiger partial charge in [-0.3, -0.25) is 0 Å². The lowest BCUT2D eigenvalue weighted by Crippen LogP contribution is -2.00. The molecule has 0 saturated heterocycles. The van der Waals surface area contributed by atoms with Crippen molar-refractivity contribution < 1.29 is 9.47 Å². The van der Waals surface area contributed by atoms with Gasteiger partial charge in [-0.25, -0.2) is 0 Å². The topological polar surface area (TPSA) is 42.2 Å². The van der Waals surface area contributed by atoms with Gasteiger partial charge in [0.05, 0.1) is 18.7 Å². The van der Waals surface area contributed by atoms with E-state index < -0.39 is 0 Å². The number of benzene rings is 2. The molecule has 0 amide bonds. The minimum Gasteiger partial charge on any atom is -0.493 e. The minimum absolute atomic E-state index is 0.444. The lowest BCUT2D eigenvalue weighted by Gasteiger charge is -2.13. The molecule has 0 heterocycles. The summed E-state index contributed by atoms with van der Waals surface area (Å²) in [5, 5.41) is 9.65. The van der Waals surface area contributed by atoms with Crippen LogP contribution in [0.3, 0.4) is 0 Å². The Hall–Kier alpha value is -1.99. The average Bonchev–Trinajstić information content (AvgIpc) is 2.53. The molecule has 0 radical (unpaired) electrons. The zero-order valence-electron chi connectivity index (χ0n) is 12.0. The molecule has 0 aliphatic carbocycles. The number of alkyl halides is 1. The number of hydrogen-bond acceptors (Lipinski definition) is 3. The van der Waals surface area contributed by atoms with E-state index in [1.807, 2.05) is 37.3 Å². The Morgan fingerprint density at radius 2 is 1.95 bits per heavy atom. The fraction of sp³-hybridized carbons (Fsp3) is 0.235. The monoisotopic (exact) mass is 345 g/mol. The zero-order valence-corrected chi connectivity index (χ0v) is 13.6. The van der Waals surface area contributed by atoms with Crippen LogP contribution in [-0.2, 0) is 11.9 Å². The molecular weight excluding hydrogens is 330 g/mol. The van der Waals surface area contributed by atoms with Crippen molar-refractivity contribution in [3.63, 3.8) is 0 Å². The molecule has 0 atom stereocenters. The van der Waals surface area contributed by atoms with Crippen LogP contribution in [0.15, 0.2) is 36.4 Å². The van der Waals surface area contributed by atoms with Crippen LogP contribution < -0.4 is 9.47 Å². The Morgan fingerprint density at radius 3 is 2.57 bits per heavy atom. The van der Waals surface area contributed by atoms with Crippen molar-refractivity contribution in [1.82, 2.24) is 0 Å². The third-order valence-corrected chi connectivity index (χ3v) is 3.88. The van der Waals surface area contributed by atoms with Gasteiger partial charge >= 0.3 is 0 Å². The summed E-state index contributed by atoms with van der Waals surface area (Å²) in [4.78, 5) is 0. The molecule has 3 nitrogen and oxygen atoms in total. The normalized spacial score (nSPS) is 10.0. The first-order valence-corrected chi connectivity index (χ1v) is 7.65. The van der Waals surface area contributed by atoms with Crippen molar-refractivity contribution in [1.29, 1.82) is 5.26 Å². The Bertz CT molecular complexity index is 677. The molecule has 0 unspecified atom stereocenters. The summed E-state index contributed by atoms with van der Waals surface area (Å²) in [6.07, 6.45) is 0. The van der Waals surface area contributed by atoms with E-state index in [1.54, 1.807) is 13.2 Å². The van der Waals surface area contributed by atoms with E-state index in [0.29, 0.717) is 17.9 Å². The molecule has 0 fully saturated rings. The Labute approximate surface area is 133 Å². The molecule has 0 aliphatic rings. The molecule has 2 aromatic carbocycles. The number of rotatable bonds is 5. The molecule has 4 heteroatoms. The highest BCUT2D eigenvalue weighted by molar-refractivity contribution is 9.08. The van der Waals surface area contributed by atoms with Gasteiger partial charge in [-0.2, -0.15) is 5.26 Å². The van der Waals surface area contributed by atoms with Crippen molar-refractivity contribution in [3.8, 4) is 17.6 Å². The van der Waals surface area contributed by atoms with Gasteiger partial charge in [0.15, 0.2) is 11.5 Å². The Morgan fingerprint density at radius 1 is 1.14 bits per heavy atom. The predicted octanol–water partition coefficient (Wildman–Crippen LogP) is 4.35. The Kier molecular flexibility index (Phi) is 5.24. The third kappa shape index (κ3) is 3.77. The van der Waals surface area contributed by atoms with E-state index in [9.17, 15) is 0 Å². The molecule has 2 rings (SSSR count). The van der Waals surface area contributed by atoms with Gasteiger partial charge in [0.2, 0.25) is 0 Å². The number of ether oxygens (including phenoxy) is 2. The molecule has 0 saturated carbocycles. The SMILES string of the molecule is COc1ccc(CBr)cc1OCc1ccc(C#N)cc1C. The summed E-state index contributed by atoms with van der Waals surface area (Å²) in [6, 6.07) is 13.6. The van der Waals surface area contributed by atoms with E-state index in [2.05, 4.69) is 22.0 Å². The average molecular weight is 346 g/mol. The van der Waals surface area contributed by atoms with E-state index >= 15 is 0 Å². The van der Waals surface area contributed by atoms with E-state index in [0.717, 1.165) is 27.8 Å². The van der Waals surface area contributed by atoms with Crippen molar-refractivity contribution in [2.24, 2.45) is 0 Å². The molecule has 0 bridgehead atoms. The van der Waals surface area contributed by atoms with Crippen molar-refractivity contribution >= 4 is 15.9 Å². The summed E-state index contributed by atoms with van der Waals surface area (Å²) < 4.78 is 11.2. The van der Waals surface area contributed by atoms with Gasteiger partial charge in [-0.1, -0.05) is 28.1 Å². The van der Waals surface area contributed by atoms with Crippen molar-refractivity contribution in [2.45, 2.75) is 18.9 Å². The van der Waals surface area contributed by atoms with Crippen LogP contribution in [-0.4, -0.2) is 7.11 Å². The van der Waals surface area contributed by atoms with Crippen molar-refractivity contribution in [3.05, 3.63) is 58.7 Å². The lowest BCUT2D eigenvalue weighted by atomic mass is 10.1. The van der Waals surface area contributed by atoms with Gasteiger partial charge in [0, 0.05) is 5.33 Å². The van der Waals surface area contributed by atoms with Crippen LogP contribution in [0.1, 0.15) is 22.3 Å². The second-order valence-electron chi connectivity index (χ2n) is 4.66. The van der Waals surface area contributed by atoms with Gasteiger partial charge in [0.1, 0.15) is 6.61 Å². The van der Waals surface area contributed by atoms with Crippen LogP contribution in [0, 0.1) is 18.3 Å². The summed E-state index contributed by atoms with van der Waals surface area (Å²) in [7, 11) is 1.63. The summed E-state index contributed by atoms with van der Waals surface area (Å²) >= 11 is 3.43. The van der Waals surface area contributed by atoms with Crippen molar-refractivity contribution in [2.75, 3.05) is 7.11 Å². The highest BCUT2D eigenvalue weighted by Gasteiger charge is 2.07. The fourth-order valence-corrected chi connectivity index (χ4v) is 2.35. The third-order valence-electron chi connectivity index (χ3n) is 3.24. The minimum atomic E-state index is 0.444. The summed E-state index contributed by atoms with van der Waals surface area (Å²) in [6.45, 7) is 2.42. The maximum absolute atomic E-state index is 8.88. The number of halogens is 1. The lowest BCUT2D eigenvalue weighted by molar-refractivity contribution is 0.283. The van der Waals surface area contributed by atoms with E-state index in [-0.39, 0.29) is 0 Å². The molecule has 108 valence electrons. The second-order valence-corrected chi connectivity index (χ2v) is 5.22. The van der Waals surface area contributed by atoms with Crippen LogP contribution in [0.25, 0.3) is 0 Å². The van der Waals surface area contributed by atoms with Crippen LogP contribution in [0.5, 0.6) is 11.5 Å². The molecule has 0 N–H and O–H groups in total. The van der Waals surface area contributed by atoms with E-state index in [1.165, 1.54) is 0 Å². The van der Waals surface area contributed by atoms with Crippen LogP contribution in [0.4, 0.5) is 0 Å². The predicted molar refractivity (Wildman–Crippen MR) is 85.9 cm³/mol. The largest absolute Gasteiger partial charge is 0.493 e. The molecular formula is C17H16BrNO2. The van der Waals surface area contributed by atoms with Gasteiger partial charge in [0.25, 0.3) is 0 Å². The zero-order chi connectivity index (χ0) is 15.2.